The lowest BCUT2D eigenvalue weighted by Crippen LogP contribution is -2.44. The highest BCUT2D eigenvalue weighted by molar-refractivity contribution is 5.92. The average Bonchev–Trinajstić information content (AvgIpc) is 2.98. The molecular formula is C18H17N3O3. The number of anilines is 1. The molecule has 1 aromatic heterocycles. The molecule has 1 heterocycles. The SMILES string of the molecule is O=C(Nc1ccccc1)NC(Cc1c[nH]c2ccccc12)C(=O)O. The fourth-order valence-electron chi connectivity index (χ4n) is 2.57. The molecule has 0 saturated carbocycles. The van der Waals surface area contributed by atoms with E-state index >= 15 is 0 Å². The number of fused-ring (bicyclic) bond motifs is 1. The lowest BCUT2D eigenvalue weighted by atomic mass is 10.1. The van der Waals surface area contributed by atoms with Gasteiger partial charge in [-0.15, -0.1) is 0 Å². The van der Waals surface area contributed by atoms with Gasteiger partial charge in [0, 0.05) is 29.2 Å². The number of nitrogens with one attached hydrogen (secondary N) is 3. The molecular weight excluding hydrogens is 306 g/mol. The highest BCUT2D eigenvalue weighted by atomic mass is 16.4. The molecule has 0 aliphatic carbocycles. The Balaban J connectivity index is 1.71. The van der Waals surface area contributed by atoms with Crippen molar-refractivity contribution in [3.8, 4) is 0 Å². The van der Waals surface area contributed by atoms with Gasteiger partial charge in [-0.1, -0.05) is 36.4 Å². The summed E-state index contributed by atoms with van der Waals surface area (Å²) >= 11 is 0. The van der Waals surface area contributed by atoms with Crippen LogP contribution in [-0.2, 0) is 11.2 Å². The molecule has 6 nitrogen and oxygen atoms in total. The molecule has 0 fully saturated rings. The predicted octanol–water partition coefficient (Wildman–Crippen LogP) is 2.99. The van der Waals surface area contributed by atoms with Gasteiger partial charge in [0.05, 0.1) is 0 Å². The Bertz CT molecular complexity index is 858. The normalized spacial score (nSPS) is 11.8. The standard InChI is InChI=1S/C18H17N3O3/c22-17(23)16(21-18(24)20-13-6-2-1-3-7-13)10-12-11-19-15-9-5-4-8-14(12)15/h1-9,11,16,19H,10H2,(H,22,23)(H2,20,21,24). The number of aliphatic carboxylic acids is 1. The summed E-state index contributed by atoms with van der Waals surface area (Å²) in [7, 11) is 0. The third-order valence-corrected chi connectivity index (χ3v) is 3.73. The van der Waals surface area contributed by atoms with Crippen LogP contribution in [0.15, 0.2) is 60.8 Å². The van der Waals surface area contributed by atoms with Crippen LogP contribution in [0.2, 0.25) is 0 Å². The van der Waals surface area contributed by atoms with Crippen LogP contribution in [0.5, 0.6) is 0 Å². The molecule has 0 bridgehead atoms. The largest absolute Gasteiger partial charge is 0.480 e. The molecule has 0 aliphatic heterocycles. The molecule has 6 heteroatoms. The fraction of sp³-hybridized carbons (Fsp3) is 0.111. The van der Waals surface area contributed by atoms with E-state index in [9.17, 15) is 14.7 Å². The quantitative estimate of drug-likeness (QED) is 0.581. The Morgan fingerprint density at radius 1 is 1.04 bits per heavy atom. The maximum Gasteiger partial charge on any atom is 0.326 e. The van der Waals surface area contributed by atoms with Gasteiger partial charge in [0.25, 0.3) is 0 Å². The number of benzene rings is 2. The zero-order chi connectivity index (χ0) is 16.9. The molecule has 2 amide bonds. The molecule has 4 N–H and O–H groups in total. The molecule has 1 atom stereocenters. The fourth-order valence-corrected chi connectivity index (χ4v) is 2.57. The molecule has 24 heavy (non-hydrogen) atoms. The number of carbonyl (C=O) groups excluding carboxylic acids is 1. The van der Waals surface area contributed by atoms with Crippen LogP contribution < -0.4 is 10.6 Å². The minimum atomic E-state index is -1.08. The molecule has 2 aromatic carbocycles. The van der Waals surface area contributed by atoms with E-state index in [1.807, 2.05) is 30.3 Å². The smallest absolute Gasteiger partial charge is 0.326 e. The maximum absolute atomic E-state index is 12.0. The van der Waals surface area contributed by atoms with Crippen molar-refractivity contribution in [1.82, 2.24) is 10.3 Å². The number of urea groups is 1. The summed E-state index contributed by atoms with van der Waals surface area (Å²) in [4.78, 5) is 26.6. The zero-order valence-electron chi connectivity index (χ0n) is 12.8. The number of rotatable bonds is 5. The monoisotopic (exact) mass is 323 g/mol. The highest BCUT2D eigenvalue weighted by Gasteiger charge is 2.21. The summed E-state index contributed by atoms with van der Waals surface area (Å²) < 4.78 is 0. The van der Waals surface area contributed by atoms with Gasteiger partial charge in [0.1, 0.15) is 6.04 Å². The number of hydrogen-bond donors (Lipinski definition) is 4. The van der Waals surface area contributed by atoms with Crippen molar-refractivity contribution in [3.63, 3.8) is 0 Å². The molecule has 0 saturated heterocycles. The van der Waals surface area contributed by atoms with E-state index < -0.39 is 18.0 Å². The van der Waals surface area contributed by atoms with Crippen molar-refractivity contribution < 1.29 is 14.7 Å². The van der Waals surface area contributed by atoms with Gasteiger partial charge in [-0.3, -0.25) is 0 Å². The minimum Gasteiger partial charge on any atom is -0.480 e. The molecule has 1 unspecified atom stereocenters. The Labute approximate surface area is 138 Å². The Kier molecular flexibility index (Phi) is 4.47. The maximum atomic E-state index is 12.0. The van der Waals surface area contributed by atoms with Crippen LogP contribution in [0.3, 0.4) is 0 Å². The summed E-state index contributed by atoms with van der Waals surface area (Å²) in [6.07, 6.45) is 1.97. The number of aromatic amines is 1. The molecule has 0 radical (unpaired) electrons. The molecule has 0 aliphatic rings. The molecule has 3 aromatic rings. The number of aromatic nitrogens is 1. The third kappa shape index (κ3) is 3.55. The van der Waals surface area contributed by atoms with E-state index in [1.54, 1.807) is 30.5 Å². The van der Waals surface area contributed by atoms with Crippen LogP contribution in [0.1, 0.15) is 5.56 Å². The summed E-state index contributed by atoms with van der Waals surface area (Å²) in [6.45, 7) is 0. The summed E-state index contributed by atoms with van der Waals surface area (Å²) in [5.74, 6) is -1.08. The van der Waals surface area contributed by atoms with Gasteiger partial charge in [-0.05, 0) is 23.8 Å². The first-order valence-electron chi connectivity index (χ1n) is 7.54. The molecule has 3 rings (SSSR count). The number of H-pyrrole nitrogens is 1. The van der Waals surface area contributed by atoms with Crippen molar-refractivity contribution in [2.75, 3.05) is 5.32 Å². The first-order valence-corrected chi connectivity index (χ1v) is 7.54. The van der Waals surface area contributed by atoms with Crippen molar-refractivity contribution in [2.45, 2.75) is 12.5 Å². The Hall–Kier alpha value is -3.28. The van der Waals surface area contributed by atoms with Gasteiger partial charge in [-0.2, -0.15) is 0 Å². The summed E-state index contributed by atoms with van der Waals surface area (Å²) in [5, 5.41) is 15.5. The van der Waals surface area contributed by atoms with Crippen molar-refractivity contribution in [2.24, 2.45) is 0 Å². The Morgan fingerprint density at radius 2 is 1.75 bits per heavy atom. The summed E-state index contributed by atoms with van der Waals surface area (Å²) in [5.41, 5.74) is 2.38. The number of carbonyl (C=O) groups is 2. The Morgan fingerprint density at radius 3 is 2.50 bits per heavy atom. The first-order chi connectivity index (χ1) is 11.6. The predicted molar refractivity (Wildman–Crippen MR) is 92.0 cm³/mol. The van der Waals surface area contributed by atoms with Crippen LogP contribution in [0, 0.1) is 0 Å². The van der Waals surface area contributed by atoms with Gasteiger partial charge in [0.15, 0.2) is 0 Å². The van der Waals surface area contributed by atoms with E-state index in [2.05, 4.69) is 15.6 Å². The van der Waals surface area contributed by atoms with Crippen molar-refractivity contribution >= 4 is 28.6 Å². The third-order valence-electron chi connectivity index (χ3n) is 3.73. The van der Waals surface area contributed by atoms with Crippen LogP contribution in [0.4, 0.5) is 10.5 Å². The van der Waals surface area contributed by atoms with Crippen molar-refractivity contribution in [3.05, 3.63) is 66.4 Å². The van der Waals surface area contributed by atoms with E-state index in [1.165, 1.54) is 0 Å². The van der Waals surface area contributed by atoms with Gasteiger partial charge in [0.2, 0.25) is 0 Å². The van der Waals surface area contributed by atoms with E-state index in [0.29, 0.717) is 5.69 Å². The number of para-hydroxylation sites is 2. The van der Waals surface area contributed by atoms with Crippen LogP contribution in [0.25, 0.3) is 10.9 Å². The second-order valence-electron chi connectivity index (χ2n) is 5.42. The number of carboxylic acids is 1. The van der Waals surface area contributed by atoms with E-state index in [-0.39, 0.29) is 6.42 Å². The van der Waals surface area contributed by atoms with Crippen LogP contribution >= 0.6 is 0 Å². The van der Waals surface area contributed by atoms with Crippen molar-refractivity contribution in [1.29, 1.82) is 0 Å². The first kappa shape index (κ1) is 15.6. The summed E-state index contributed by atoms with van der Waals surface area (Å²) in [6, 6.07) is 14.9. The van der Waals surface area contributed by atoms with Gasteiger partial charge < -0.3 is 20.7 Å². The van der Waals surface area contributed by atoms with Gasteiger partial charge >= 0.3 is 12.0 Å². The second kappa shape index (κ2) is 6.87. The highest BCUT2D eigenvalue weighted by Crippen LogP contribution is 2.19. The van der Waals surface area contributed by atoms with E-state index in [0.717, 1.165) is 16.5 Å². The second-order valence-corrected chi connectivity index (χ2v) is 5.42. The number of amides is 2. The molecule has 122 valence electrons. The lowest BCUT2D eigenvalue weighted by molar-refractivity contribution is -0.139. The number of carboxylic acid groups (broad SMARTS) is 1. The number of hydrogen-bond acceptors (Lipinski definition) is 2. The zero-order valence-corrected chi connectivity index (χ0v) is 12.8. The van der Waals surface area contributed by atoms with E-state index in [4.69, 9.17) is 0 Å². The average molecular weight is 323 g/mol. The topological polar surface area (TPSA) is 94.2 Å². The molecule has 0 spiro atoms. The van der Waals surface area contributed by atoms with Crippen LogP contribution in [-0.4, -0.2) is 28.1 Å². The minimum absolute atomic E-state index is 0.196. The van der Waals surface area contributed by atoms with Gasteiger partial charge in [-0.25, -0.2) is 9.59 Å². The lowest BCUT2D eigenvalue weighted by Gasteiger charge is -2.15.